The van der Waals surface area contributed by atoms with Gasteiger partial charge in [-0.25, -0.2) is 15.0 Å². The van der Waals surface area contributed by atoms with Crippen LogP contribution in [-0.4, -0.2) is 69.1 Å². The van der Waals surface area contributed by atoms with E-state index in [9.17, 15) is 10.1 Å². The molecule has 0 saturated carbocycles. The van der Waals surface area contributed by atoms with Crippen molar-refractivity contribution in [3.63, 3.8) is 0 Å². The third-order valence-electron chi connectivity index (χ3n) is 5.00. The van der Waals surface area contributed by atoms with Gasteiger partial charge in [0.25, 0.3) is 0 Å². The van der Waals surface area contributed by atoms with Gasteiger partial charge in [-0.3, -0.25) is 10.1 Å². The van der Waals surface area contributed by atoms with E-state index in [0.717, 1.165) is 38.9 Å². The van der Waals surface area contributed by atoms with Crippen molar-refractivity contribution in [3.05, 3.63) is 35.2 Å². The zero-order chi connectivity index (χ0) is 19.2. The Hall–Kier alpha value is -2.75. The smallest absolute Gasteiger partial charge is 0.353 e. The molecule has 0 spiro atoms. The first-order valence-corrected chi connectivity index (χ1v) is 9.16. The SMILES string of the molecule is CN1CCC(N(C)c2ncnc(NCCCn3ccnc3)c2[N+](=O)[O-])CC1. The van der Waals surface area contributed by atoms with Crippen molar-refractivity contribution in [1.29, 1.82) is 0 Å². The molecule has 0 bridgehead atoms. The van der Waals surface area contributed by atoms with Crippen LogP contribution in [0.2, 0.25) is 0 Å². The van der Waals surface area contributed by atoms with E-state index in [-0.39, 0.29) is 22.5 Å². The molecule has 0 unspecified atom stereocenters. The highest BCUT2D eigenvalue weighted by Crippen LogP contribution is 2.33. The van der Waals surface area contributed by atoms with Crippen LogP contribution in [-0.2, 0) is 6.54 Å². The standard InChI is InChI=1S/C17H26N8O2/c1-22-9-4-14(5-10-22)23(2)17-15(25(26)27)16(20-12-21-17)19-6-3-8-24-11-7-18-13-24/h7,11-14H,3-6,8-10H2,1-2H3,(H,19,20,21). The molecule has 3 rings (SSSR count). The molecule has 0 atom stereocenters. The Kier molecular flexibility index (Phi) is 6.17. The zero-order valence-corrected chi connectivity index (χ0v) is 15.8. The van der Waals surface area contributed by atoms with Crippen molar-refractivity contribution in [1.82, 2.24) is 24.4 Å². The number of nitrogens with zero attached hydrogens (tertiary/aromatic N) is 7. The molecule has 1 aliphatic rings. The second-order valence-corrected chi connectivity index (χ2v) is 6.88. The molecule has 2 aromatic rings. The average Bonchev–Trinajstić information content (AvgIpc) is 3.18. The summed E-state index contributed by atoms with van der Waals surface area (Å²) in [6.45, 7) is 3.32. The Morgan fingerprint density at radius 2 is 2.15 bits per heavy atom. The summed E-state index contributed by atoms with van der Waals surface area (Å²) in [6.07, 6.45) is 9.49. The second kappa shape index (κ2) is 8.76. The maximum atomic E-state index is 11.7. The molecule has 1 aliphatic heterocycles. The number of hydrogen-bond donors (Lipinski definition) is 1. The highest BCUT2D eigenvalue weighted by molar-refractivity contribution is 5.70. The molecule has 1 N–H and O–H groups in total. The first kappa shape index (κ1) is 19.0. The molecule has 3 heterocycles. The number of piperidine rings is 1. The third-order valence-corrected chi connectivity index (χ3v) is 5.00. The number of anilines is 2. The largest absolute Gasteiger partial charge is 0.364 e. The summed E-state index contributed by atoms with van der Waals surface area (Å²) in [6, 6.07) is 0.240. The maximum absolute atomic E-state index is 11.7. The van der Waals surface area contributed by atoms with Gasteiger partial charge in [0.1, 0.15) is 6.33 Å². The molecule has 10 heteroatoms. The van der Waals surface area contributed by atoms with Gasteiger partial charge in [0.05, 0.1) is 11.3 Å². The van der Waals surface area contributed by atoms with Crippen LogP contribution in [0.3, 0.4) is 0 Å². The Labute approximate surface area is 158 Å². The summed E-state index contributed by atoms with van der Waals surface area (Å²) in [5.74, 6) is 0.650. The Bertz CT molecular complexity index is 743. The van der Waals surface area contributed by atoms with Crippen molar-refractivity contribution in [3.8, 4) is 0 Å². The lowest BCUT2D eigenvalue weighted by Crippen LogP contribution is -2.42. The number of nitrogens with one attached hydrogen (secondary N) is 1. The summed E-state index contributed by atoms with van der Waals surface area (Å²) in [5, 5.41) is 14.8. The van der Waals surface area contributed by atoms with Gasteiger partial charge >= 0.3 is 5.69 Å². The van der Waals surface area contributed by atoms with E-state index in [1.165, 1.54) is 6.33 Å². The van der Waals surface area contributed by atoms with Crippen LogP contribution in [0, 0.1) is 10.1 Å². The minimum absolute atomic E-state index is 0.0541. The normalized spacial score (nSPS) is 15.6. The fraction of sp³-hybridized carbons (Fsp3) is 0.588. The van der Waals surface area contributed by atoms with Gasteiger partial charge in [0, 0.05) is 38.6 Å². The molecule has 146 valence electrons. The van der Waals surface area contributed by atoms with E-state index in [2.05, 4.69) is 32.2 Å². The number of aryl methyl sites for hydroxylation is 1. The molecule has 0 amide bonds. The van der Waals surface area contributed by atoms with Crippen molar-refractivity contribution < 1.29 is 4.92 Å². The Balaban J connectivity index is 1.69. The van der Waals surface area contributed by atoms with Crippen molar-refractivity contribution in [2.45, 2.75) is 31.8 Å². The van der Waals surface area contributed by atoms with Gasteiger partial charge < -0.3 is 19.7 Å². The monoisotopic (exact) mass is 374 g/mol. The van der Waals surface area contributed by atoms with Crippen LogP contribution >= 0.6 is 0 Å². The molecule has 10 nitrogen and oxygen atoms in total. The summed E-state index contributed by atoms with van der Waals surface area (Å²) >= 11 is 0. The summed E-state index contributed by atoms with van der Waals surface area (Å²) in [7, 11) is 3.98. The Morgan fingerprint density at radius 1 is 1.37 bits per heavy atom. The van der Waals surface area contributed by atoms with Crippen molar-refractivity contribution >= 4 is 17.3 Å². The number of hydrogen-bond acceptors (Lipinski definition) is 8. The minimum atomic E-state index is -0.390. The average molecular weight is 374 g/mol. The predicted molar refractivity (Wildman–Crippen MR) is 103 cm³/mol. The van der Waals surface area contributed by atoms with Gasteiger partial charge in [-0.05, 0) is 39.4 Å². The number of imidazole rings is 1. The molecule has 0 aromatic carbocycles. The van der Waals surface area contributed by atoms with Crippen molar-refractivity contribution in [2.75, 3.05) is 43.9 Å². The van der Waals surface area contributed by atoms with Gasteiger partial charge in [-0.2, -0.15) is 0 Å². The minimum Gasteiger partial charge on any atom is -0.364 e. The van der Waals surface area contributed by atoms with Gasteiger partial charge in [-0.15, -0.1) is 0 Å². The van der Waals surface area contributed by atoms with Crippen LogP contribution < -0.4 is 10.2 Å². The fourth-order valence-corrected chi connectivity index (χ4v) is 3.37. The summed E-state index contributed by atoms with van der Waals surface area (Å²) in [5.41, 5.74) is -0.0541. The summed E-state index contributed by atoms with van der Waals surface area (Å²) in [4.78, 5) is 27.9. The number of likely N-dealkylation sites (tertiary alicyclic amines) is 1. The Morgan fingerprint density at radius 3 is 2.81 bits per heavy atom. The zero-order valence-electron chi connectivity index (χ0n) is 15.8. The molecule has 27 heavy (non-hydrogen) atoms. The highest BCUT2D eigenvalue weighted by atomic mass is 16.6. The number of rotatable bonds is 8. The van der Waals surface area contributed by atoms with Gasteiger partial charge in [-0.1, -0.05) is 0 Å². The van der Waals surface area contributed by atoms with Crippen LogP contribution in [0.15, 0.2) is 25.0 Å². The highest BCUT2D eigenvalue weighted by Gasteiger charge is 2.30. The van der Waals surface area contributed by atoms with E-state index in [4.69, 9.17) is 0 Å². The second-order valence-electron chi connectivity index (χ2n) is 6.88. The van der Waals surface area contributed by atoms with E-state index in [1.54, 1.807) is 12.5 Å². The van der Waals surface area contributed by atoms with Gasteiger partial charge in [0.15, 0.2) is 0 Å². The van der Waals surface area contributed by atoms with Gasteiger partial charge in [0.2, 0.25) is 11.6 Å². The molecule has 0 aliphatic carbocycles. The first-order chi connectivity index (χ1) is 13.1. The molecule has 0 radical (unpaired) electrons. The quantitative estimate of drug-likeness (QED) is 0.422. The lowest BCUT2D eigenvalue weighted by molar-refractivity contribution is -0.383. The fourth-order valence-electron chi connectivity index (χ4n) is 3.37. The lowest BCUT2D eigenvalue weighted by atomic mass is 10.0. The molecular formula is C17H26N8O2. The summed E-state index contributed by atoms with van der Waals surface area (Å²) < 4.78 is 1.97. The van der Waals surface area contributed by atoms with Crippen molar-refractivity contribution in [2.24, 2.45) is 0 Å². The molecule has 1 fully saturated rings. The number of aromatic nitrogens is 4. The molecule has 2 aromatic heterocycles. The molecule has 1 saturated heterocycles. The van der Waals surface area contributed by atoms with Crippen LogP contribution in [0.25, 0.3) is 0 Å². The third kappa shape index (κ3) is 4.70. The van der Waals surface area contributed by atoms with Crippen LogP contribution in [0.4, 0.5) is 17.3 Å². The first-order valence-electron chi connectivity index (χ1n) is 9.16. The number of nitro groups is 1. The van der Waals surface area contributed by atoms with E-state index in [1.807, 2.05) is 22.7 Å². The van der Waals surface area contributed by atoms with E-state index in [0.29, 0.717) is 12.4 Å². The van der Waals surface area contributed by atoms with E-state index < -0.39 is 0 Å². The topological polar surface area (TPSA) is 105 Å². The van der Waals surface area contributed by atoms with E-state index >= 15 is 0 Å². The predicted octanol–water partition coefficient (Wildman–Crippen LogP) is 1.61. The lowest BCUT2D eigenvalue weighted by Gasteiger charge is -2.35. The van der Waals surface area contributed by atoms with Crippen LogP contribution in [0.1, 0.15) is 19.3 Å². The maximum Gasteiger partial charge on any atom is 0.353 e. The van der Waals surface area contributed by atoms with Crippen LogP contribution in [0.5, 0.6) is 0 Å². The molecular weight excluding hydrogens is 348 g/mol.